The largest absolute Gasteiger partial charge is 0.488 e. The number of hydrogen-bond acceptors (Lipinski definition) is 4. The van der Waals surface area contributed by atoms with E-state index in [1.807, 2.05) is 66.7 Å². The van der Waals surface area contributed by atoms with Crippen molar-refractivity contribution in [3.63, 3.8) is 0 Å². The van der Waals surface area contributed by atoms with Gasteiger partial charge in [-0.15, -0.1) is 0 Å². The lowest BCUT2D eigenvalue weighted by Gasteiger charge is -2.09. The van der Waals surface area contributed by atoms with Crippen LogP contribution in [0.15, 0.2) is 87.2 Å². The van der Waals surface area contributed by atoms with E-state index in [0.29, 0.717) is 16.7 Å². The third-order valence-electron chi connectivity index (χ3n) is 4.72. The normalized spacial score (nSPS) is 16.0. The van der Waals surface area contributed by atoms with Gasteiger partial charge < -0.3 is 10.1 Å². The topological polar surface area (TPSA) is 50.7 Å². The Morgan fingerprint density at radius 2 is 1.81 bits per heavy atom. The van der Waals surface area contributed by atoms with E-state index in [4.69, 9.17) is 4.74 Å². The average Bonchev–Trinajstić information content (AvgIpc) is 3.13. The molecule has 1 heterocycles. The molecule has 1 saturated heterocycles. The summed E-state index contributed by atoms with van der Waals surface area (Å²) < 4.78 is 6.74. The standard InChI is InChI=1S/C25H21BrN2O2S/c1-2-17-8-11-20(12-9-17)27-25-28-24(29)23(31-25)15-19-10-13-22(21(26)14-19)30-16-18-6-4-3-5-7-18/h3-15H,2,16H2,1H3,(H,27,28,29)/b23-15-. The number of benzene rings is 3. The molecule has 0 bridgehead atoms. The van der Waals surface area contributed by atoms with Crippen molar-refractivity contribution in [1.82, 2.24) is 5.32 Å². The van der Waals surface area contributed by atoms with E-state index in [2.05, 4.69) is 45.3 Å². The van der Waals surface area contributed by atoms with Crippen molar-refractivity contribution in [2.75, 3.05) is 0 Å². The number of carbonyl (C=O) groups excluding carboxylic acids is 1. The zero-order valence-corrected chi connectivity index (χ0v) is 19.4. The van der Waals surface area contributed by atoms with Crippen LogP contribution in [-0.2, 0) is 17.8 Å². The van der Waals surface area contributed by atoms with Crippen molar-refractivity contribution >= 4 is 50.5 Å². The molecule has 156 valence electrons. The number of thioether (sulfide) groups is 1. The van der Waals surface area contributed by atoms with Crippen LogP contribution in [0.2, 0.25) is 0 Å². The molecule has 0 aliphatic carbocycles. The quantitative estimate of drug-likeness (QED) is 0.400. The third kappa shape index (κ3) is 5.66. The Labute approximate surface area is 194 Å². The van der Waals surface area contributed by atoms with Crippen LogP contribution in [0.1, 0.15) is 23.6 Å². The van der Waals surface area contributed by atoms with E-state index in [-0.39, 0.29) is 5.91 Å². The van der Waals surface area contributed by atoms with Crippen LogP contribution >= 0.6 is 27.7 Å². The fraction of sp³-hybridized carbons (Fsp3) is 0.120. The molecule has 0 unspecified atom stereocenters. The minimum Gasteiger partial charge on any atom is -0.488 e. The monoisotopic (exact) mass is 492 g/mol. The first kappa shape index (κ1) is 21.4. The summed E-state index contributed by atoms with van der Waals surface area (Å²) in [6.07, 6.45) is 2.84. The smallest absolute Gasteiger partial charge is 0.264 e. The maximum absolute atomic E-state index is 12.4. The maximum Gasteiger partial charge on any atom is 0.264 e. The summed E-state index contributed by atoms with van der Waals surface area (Å²) in [7, 11) is 0. The lowest BCUT2D eigenvalue weighted by Crippen LogP contribution is -2.19. The second kappa shape index (κ2) is 9.98. The van der Waals surface area contributed by atoms with Crippen LogP contribution in [0.25, 0.3) is 6.08 Å². The lowest BCUT2D eigenvalue weighted by molar-refractivity contribution is -0.115. The number of nitrogens with zero attached hydrogens (tertiary/aromatic N) is 1. The number of carbonyl (C=O) groups is 1. The molecule has 0 aromatic heterocycles. The van der Waals surface area contributed by atoms with Gasteiger partial charge in [0.1, 0.15) is 12.4 Å². The number of ether oxygens (including phenoxy) is 1. The summed E-state index contributed by atoms with van der Waals surface area (Å²) in [6.45, 7) is 2.61. The van der Waals surface area contributed by atoms with Gasteiger partial charge in [-0.2, -0.15) is 0 Å². The van der Waals surface area contributed by atoms with Crippen LogP contribution < -0.4 is 10.1 Å². The van der Waals surface area contributed by atoms with Gasteiger partial charge in [-0.1, -0.05) is 55.5 Å². The summed E-state index contributed by atoms with van der Waals surface area (Å²) >= 11 is 4.91. The highest BCUT2D eigenvalue weighted by Gasteiger charge is 2.23. The first-order valence-electron chi connectivity index (χ1n) is 9.95. The fourth-order valence-corrected chi connectivity index (χ4v) is 4.37. The number of rotatable bonds is 6. The van der Waals surface area contributed by atoms with Gasteiger partial charge in [0.25, 0.3) is 5.91 Å². The summed E-state index contributed by atoms with van der Waals surface area (Å²) in [4.78, 5) is 17.5. The van der Waals surface area contributed by atoms with Crippen LogP contribution in [-0.4, -0.2) is 11.1 Å². The van der Waals surface area contributed by atoms with Crippen LogP contribution in [0.3, 0.4) is 0 Å². The SMILES string of the molecule is CCc1ccc(N=C2NC(=O)/C(=C/c3ccc(OCc4ccccc4)c(Br)c3)S2)cc1. The number of amides is 1. The summed E-state index contributed by atoms with van der Waals surface area (Å²) in [6, 6.07) is 23.8. The number of aryl methyl sites for hydroxylation is 1. The Kier molecular flexibility index (Phi) is 6.89. The molecule has 0 saturated carbocycles. The number of halogens is 1. The second-order valence-corrected chi connectivity index (χ2v) is 8.85. The van der Waals surface area contributed by atoms with Gasteiger partial charge in [0.2, 0.25) is 0 Å². The Balaban J connectivity index is 1.44. The van der Waals surface area contributed by atoms with Crippen molar-refractivity contribution < 1.29 is 9.53 Å². The van der Waals surface area contributed by atoms with Crippen molar-refractivity contribution in [2.45, 2.75) is 20.0 Å². The first-order valence-corrected chi connectivity index (χ1v) is 11.6. The molecule has 1 amide bonds. The highest BCUT2D eigenvalue weighted by atomic mass is 79.9. The van der Waals surface area contributed by atoms with Gasteiger partial charge in [-0.05, 0) is 81.1 Å². The molecule has 4 nitrogen and oxygen atoms in total. The highest BCUT2D eigenvalue weighted by molar-refractivity contribution is 9.10. The Morgan fingerprint density at radius 3 is 2.52 bits per heavy atom. The van der Waals surface area contributed by atoms with E-state index >= 15 is 0 Å². The number of nitrogens with one attached hydrogen (secondary N) is 1. The van der Waals surface area contributed by atoms with Gasteiger partial charge >= 0.3 is 0 Å². The molecular formula is C25H21BrN2O2S. The molecule has 3 aromatic rings. The molecule has 1 fully saturated rings. The zero-order chi connectivity index (χ0) is 21.6. The summed E-state index contributed by atoms with van der Waals surface area (Å²) in [5, 5.41) is 3.42. The van der Waals surface area contributed by atoms with Gasteiger partial charge in [0.15, 0.2) is 5.17 Å². The van der Waals surface area contributed by atoms with Gasteiger partial charge in [0.05, 0.1) is 15.1 Å². The Hall–Kier alpha value is -2.83. The minimum absolute atomic E-state index is 0.144. The van der Waals surface area contributed by atoms with Gasteiger partial charge in [0, 0.05) is 0 Å². The first-order chi connectivity index (χ1) is 15.1. The predicted molar refractivity (Wildman–Crippen MR) is 132 cm³/mol. The molecule has 31 heavy (non-hydrogen) atoms. The van der Waals surface area contributed by atoms with E-state index < -0.39 is 0 Å². The highest BCUT2D eigenvalue weighted by Crippen LogP contribution is 2.31. The maximum atomic E-state index is 12.4. The average molecular weight is 493 g/mol. The van der Waals surface area contributed by atoms with Crippen LogP contribution in [0, 0.1) is 0 Å². The third-order valence-corrected chi connectivity index (χ3v) is 6.25. The van der Waals surface area contributed by atoms with Crippen LogP contribution in [0.5, 0.6) is 5.75 Å². The van der Waals surface area contributed by atoms with E-state index in [1.54, 1.807) is 0 Å². The van der Waals surface area contributed by atoms with Crippen molar-refractivity contribution in [1.29, 1.82) is 0 Å². The molecule has 3 aromatic carbocycles. The molecule has 0 spiro atoms. The van der Waals surface area contributed by atoms with E-state index in [9.17, 15) is 4.79 Å². The van der Waals surface area contributed by atoms with E-state index in [1.165, 1.54) is 17.3 Å². The molecule has 1 aliphatic heterocycles. The van der Waals surface area contributed by atoms with Gasteiger partial charge in [-0.3, -0.25) is 4.79 Å². The van der Waals surface area contributed by atoms with Crippen molar-refractivity contribution in [2.24, 2.45) is 4.99 Å². The fourth-order valence-electron chi connectivity index (χ4n) is 3.01. The second-order valence-electron chi connectivity index (χ2n) is 6.97. The molecule has 4 rings (SSSR count). The Morgan fingerprint density at radius 1 is 1.03 bits per heavy atom. The molecule has 0 atom stereocenters. The molecule has 1 aliphatic rings. The number of hydrogen-bond donors (Lipinski definition) is 1. The summed E-state index contributed by atoms with van der Waals surface area (Å²) in [5.41, 5.74) is 4.10. The Bertz CT molecular complexity index is 1140. The van der Waals surface area contributed by atoms with E-state index in [0.717, 1.165) is 33.5 Å². The minimum atomic E-state index is -0.144. The number of amidine groups is 1. The lowest BCUT2D eigenvalue weighted by atomic mass is 10.2. The predicted octanol–water partition coefficient (Wildman–Crippen LogP) is 6.48. The van der Waals surface area contributed by atoms with Crippen molar-refractivity contribution in [3.05, 3.63) is 98.9 Å². The molecule has 1 N–H and O–H groups in total. The molecular weight excluding hydrogens is 472 g/mol. The van der Waals surface area contributed by atoms with Crippen molar-refractivity contribution in [3.8, 4) is 5.75 Å². The molecule has 6 heteroatoms. The molecule has 0 radical (unpaired) electrons. The summed E-state index contributed by atoms with van der Waals surface area (Å²) in [5.74, 6) is 0.613. The number of aliphatic imine (C=N–C) groups is 1. The zero-order valence-electron chi connectivity index (χ0n) is 17.0. The van der Waals surface area contributed by atoms with Crippen LogP contribution in [0.4, 0.5) is 5.69 Å². The van der Waals surface area contributed by atoms with Gasteiger partial charge in [-0.25, -0.2) is 4.99 Å².